The van der Waals surface area contributed by atoms with Gasteiger partial charge >= 0.3 is 173 Å². The van der Waals surface area contributed by atoms with Gasteiger partial charge in [-0.05, 0) is 0 Å². The quantitative estimate of drug-likeness (QED) is 0.427. The first-order valence-corrected chi connectivity index (χ1v) is 13.9. The summed E-state index contributed by atoms with van der Waals surface area (Å²) in [5.74, 6) is 0.512. The molecule has 0 radical (unpaired) electrons. The third-order valence-electron chi connectivity index (χ3n) is 5.76. The van der Waals surface area contributed by atoms with Gasteiger partial charge in [-0.1, -0.05) is 0 Å². The molecular formula is C21H23F2IO3S. The van der Waals surface area contributed by atoms with Gasteiger partial charge in [0.1, 0.15) is 0 Å². The van der Waals surface area contributed by atoms with E-state index in [1.54, 1.807) is 60.7 Å². The molecular weight excluding hydrogens is 497 g/mol. The van der Waals surface area contributed by atoms with Crippen LogP contribution < -0.4 is 0 Å². The molecule has 0 saturated heterocycles. The average molecular weight is 520 g/mol. The predicted molar refractivity (Wildman–Crippen MR) is 113 cm³/mol. The molecule has 3 atom stereocenters. The maximum atomic E-state index is 14.9. The summed E-state index contributed by atoms with van der Waals surface area (Å²) in [4.78, 5) is 0. The van der Waals surface area contributed by atoms with Crippen LogP contribution >= 0.6 is 20.2 Å². The fourth-order valence-electron chi connectivity index (χ4n) is 4.42. The van der Waals surface area contributed by atoms with E-state index in [2.05, 4.69) is 0 Å². The molecule has 0 heterocycles. The second-order valence-electron chi connectivity index (χ2n) is 7.63. The molecule has 2 aromatic carbocycles. The van der Waals surface area contributed by atoms with E-state index in [1.165, 1.54) is 0 Å². The SMILES string of the molecule is O=S(=O)(OI(c1ccccc1)c1ccccc1)C(F)(F)CC1CC2CCC1C2. The zero-order valence-electron chi connectivity index (χ0n) is 15.3. The van der Waals surface area contributed by atoms with Crippen LogP contribution in [0.25, 0.3) is 0 Å². The molecule has 0 amide bonds. The Kier molecular flexibility index (Phi) is 5.77. The molecule has 2 aliphatic rings. The molecule has 2 aliphatic carbocycles. The summed E-state index contributed by atoms with van der Waals surface area (Å²) in [5, 5.41) is -3.86. The molecule has 0 aliphatic heterocycles. The van der Waals surface area contributed by atoms with E-state index in [9.17, 15) is 17.2 Å². The Morgan fingerprint density at radius 2 is 1.50 bits per heavy atom. The Labute approximate surface area is 172 Å². The van der Waals surface area contributed by atoms with Crippen LogP contribution in [0.1, 0.15) is 32.1 Å². The van der Waals surface area contributed by atoms with Crippen molar-refractivity contribution in [1.82, 2.24) is 0 Å². The topological polar surface area (TPSA) is 43.4 Å². The molecule has 152 valence electrons. The number of fused-ring (bicyclic) bond motifs is 2. The van der Waals surface area contributed by atoms with Gasteiger partial charge in [0.25, 0.3) is 0 Å². The van der Waals surface area contributed by atoms with E-state index >= 15 is 0 Å². The minimum absolute atomic E-state index is 0.220. The molecule has 3 unspecified atom stereocenters. The Morgan fingerprint density at radius 1 is 0.929 bits per heavy atom. The monoisotopic (exact) mass is 520 g/mol. The molecule has 0 spiro atoms. The number of benzene rings is 2. The summed E-state index contributed by atoms with van der Waals surface area (Å²) < 4.78 is 61.8. The van der Waals surface area contributed by atoms with Crippen LogP contribution in [-0.4, -0.2) is 13.7 Å². The van der Waals surface area contributed by atoms with Gasteiger partial charge in [-0.2, -0.15) is 0 Å². The van der Waals surface area contributed by atoms with Gasteiger partial charge in [-0.3, -0.25) is 0 Å². The van der Waals surface area contributed by atoms with E-state index < -0.39 is 42.0 Å². The molecule has 2 bridgehead atoms. The van der Waals surface area contributed by atoms with Gasteiger partial charge in [0.15, 0.2) is 0 Å². The van der Waals surface area contributed by atoms with E-state index in [1.807, 2.05) is 0 Å². The molecule has 28 heavy (non-hydrogen) atoms. The molecule has 7 heteroatoms. The molecule has 2 saturated carbocycles. The standard InChI is InChI=1S/C21H23F2IO3S/c22-21(23,15-18-14-16-11-12-17(18)13-16)28(25,26)27-24(19-7-3-1-4-8-19)20-9-5-2-6-10-20/h1-10,16-18H,11-15H2. The molecule has 2 fully saturated rings. The van der Waals surface area contributed by atoms with Crippen LogP contribution in [0.15, 0.2) is 60.7 Å². The van der Waals surface area contributed by atoms with Crippen molar-refractivity contribution in [3.63, 3.8) is 0 Å². The Balaban J connectivity index is 1.58. The van der Waals surface area contributed by atoms with Gasteiger partial charge in [-0.15, -0.1) is 0 Å². The van der Waals surface area contributed by atoms with Crippen LogP contribution in [0.2, 0.25) is 0 Å². The van der Waals surface area contributed by atoms with Gasteiger partial charge < -0.3 is 0 Å². The van der Waals surface area contributed by atoms with Crippen LogP contribution in [-0.2, 0) is 12.6 Å². The number of rotatable bonds is 7. The summed E-state index contributed by atoms with van der Waals surface area (Å²) in [6, 6.07) is 17.7. The molecule has 0 aromatic heterocycles. The van der Waals surface area contributed by atoms with Crippen LogP contribution in [0.5, 0.6) is 0 Å². The first-order valence-electron chi connectivity index (χ1n) is 9.48. The zero-order chi connectivity index (χ0) is 19.8. The van der Waals surface area contributed by atoms with Crippen LogP contribution in [0, 0.1) is 24.9 Å². The van der Waals surface area contributed by atoms with Crippen molar-refractivity contribution in [2.75, 3.05) is 0 Å². The Hall–Kier alpha value is -1.06. The van der Waals surface area contributed by atoms with E-state index in [-0.39, 0.29) is 11.8 Å². The minimum atomic E-state index is -5.02. The van der Waals surface area contributed by atoms with Gasteiger partial charge in [-0.25, -0.2) is 0 Å². The van der Waals surface area contributed by atoms with Crippen LogP contribution in [0.3, 0.4) is 0 Å². The number of halogens is 3. The third-order valence-corrected chi connectivity index (χ3v) is 13.1. The normalized spacial score (nSPS) is 25.1. The van der Waals surface area contributed by atoms with Gasteiger partial charge in [0.05, 0.1) is 0 Å². The van der Waals surface area contributed by atoms with E-state index in [0.29, 0.717) is 13.1 Å². The first-order chi connectivity index (χ1) is 13.4. The van der Waals surface area contributed by atoms with E-state index in [0.717, 1.165) is 25.7 Å². The Bertz CT molecular complexity index is 866. The predicted octanol–water partition coefficient (Wildman–Crippen LogP) is 5.91. The number of alkyl halides is 2. The average Bonchev–Trinajstić information content (AvgIpc) is 3.30. The van der Waals surface area contributed by atoms with Crippen molar-refractivity contribution in [2.24, 2.45) is 17.8 Å². The van der Waals surface area contributed by atoms with Gasteiger partial charge in [0, 0.05) is 0 Å². The number of hydrogen-bond acceptors (Lipinski definition) is 3. The zero-order valence-corrected chi connectivity index (χ0v) is 18.3. The summed E-state index contributed by atoms with van der Waals surface area (Å²) in [6.07, 6.45) is 3.10. The maximum absolute atomic E-state index is 14.9. The van der Waals surface area contributed by atoms with Crippen molar-refractivity contribution in [1.29, 1.82) is 0 Å². The summed E-state index contributed by atoms with van der Waals surface area (Å²) in [7, 11) is -5.02. The third kappa shape index (κ3) is 4.11. The van der Waals surface area contributed by atoms with Crippen LogP contribution in [0.4, 0.5) is 8.78 Å². The fourth-order valence-corrected chi connectivity index (χ4v) is 11.6. The molecule has 0 N–H and O–H groups in total. The summed E-state index contributed by atoms with van der Waals surface area (Å²) in [5.41, 5.74) is 0. The second kappa shape index (κ2) is 7.99. The summed E-state index contributed by atoms with van der Waals surface area (Å²) >= 11 is -3.02. The molecule has 3 nitrogen and oxygen atoms in total. The van der Waals surface area contributed by atoms with Crippen molar-refractivity contribution < 1.29 is 19.7 Å². The van der Waals surface area contributed by atoms with Crippen molar-refractivity contribution in [2.45, 2.75) is 37.4 Å². The van der Waals surface area contributed by atoms with Crippen molar-refractivity contribution in [3.8, 4) is 0 Å². The molecule has 4 rings (SSSR count). The van der Waals surface area contributed by atoms with Crippen molar-refractivity contribution in [3.05, 3.63) is 67.8 Å². The first kappa shape index (κ1) is 20.2. The van der Waals surface area contributed by atoms with E-state index in [4.69, 9.17) is 2.51 Å². The second-order valence-corrected chi connectivity index (χ2v) is 14.3. The Morgan fingerprint density at radius 3 is 1.96 bits per heavy atom. The summed E-state index contributed by atoms with van der Waals surface area (Å²) in [6.45, 7) is 0. The molecule has 2 aromatic rings. The fraction of sp³-hybridized carbons (Fsp3) is 0.429. The van der Waals surface area contributed by atoms with Crippen molar-refractivity contribution >= 4 is 30.4 Å². The number of hydrogen-bond donors (Lipinski definition) is 0. The van der Waals surface area contributed by atoms with Gasteiger partial charge in [0.2, 0.25) is 0 Å².